The normalized spacial score (nSPS) is 16.7. The quantitative estimate of drug-likeness (QED) is 0.472. The van der Waals surface area contributed by atoms with Gasteiger partial charge in [-0.3, -0.25) is 4.79 Å². The minimum atomic E-state index is -1.10. The van der Waals surface area contributed by atoms with Crippen LogP contribution in [0.3, 0.4) is 0 Å². The first kappa shape index (κ1) is 18.2. The molecule has 1 aliphatic rings. The van der Waals surface area contributed by atoms with Crippen molar-refractivity contribution in [2.24, 2.45) is 0 Å². The Morgan fingerprint density at radius 2 is 2.04 bits per heavy atom. The molecule has 134 valence electrons. The number of ether oxygens (including phenoxy) is 1. The van der Waals surface area contributed by atoms with E-state index in [1.54, 1.807) is 17.5 Å². The zero-order chi connectivity index (χ0) is 18.8. The van der Waals surface area contributed by atoms with E-state index < -0.39 is 29.4 Å². The lowest BCUT2D eigenvalue weighted by Crippen LogP contribution is -2.46. The number of methoxy groups -OCH3 is 1. The second-order valence-corrected chi connectivity index (χ2v) is 6.64. The Morgan fingerprint density at radius 1 is 1.27 bits per heavy atom. The summed E-state index contributed by atoms with van der Waals surface area (Å²) in [4.78, 5) is 25.2. The van der Waals surface area contributed by atoms with Gasteiger partial charge < -0.3 is 15.4 Å². The molecule has 3 rings (SSSR count). The highest BCUT2D eigenvalue weighted by Crippen LogP contribution is 2.34. The summed E-state index contributed by atoms with van der Waals surface area (Å²) in [5.74, 6) is -3.68. The van der Waals surface area contributed by atoms with Crippen LogP contribution in [0.1, 0.15) is 16.5 Å². The number of benzene rings is 1. The molecule has 0 radical (unpaired) electrons. The molecule has 2 N–H and O–H groups in total. The summed E-state index contributed by atoms with van der Waals surface area (Å²) in [6.07, 6.45) is 0. The van der Waals surface area contributed by atoms with Crippen LogP contribution in [0.5, 0.6) is 0 Å². The number of carbonyl (C=O) groups is 2. The zero-order valence-electron chi connectivity index (χ0n) is 13.3. The summed E-state index contributed by atoms with van der Waals surface area (Å²) >= 11 is 6.47. The highest BCUT2D eigenvalue weighted by Gasteiger charge is 2.37. The van der Waals surface area contributed by atoms with Crippen molar-refractivity contribution in [3.8, 4) is 0 Å². The van der Waals surface area contributed by atoms with Crippen molar-refractivity contribution in [2.75, 3.05) is 7.11 Å². The van der Waals surface area contributed by atoms with Crippen LogP contribution < -0.4 is 10.6 Å². The first-order chi connectivity index (χ1) is 12.4. The number of hydrogen-bond donors (Lipinski definition) is 2. The topological polar surface area (TPSA) is 67.4 Å². The van der Waals surface area contributed by atoms with Gasteiger partial charge in [-0.25, -0.2) is 13.6 Å². The molecule has 0 fully saturated rings. The van der Waals surface area contributed by atoms with Crippen molar-refractivity contribution in [1.29, 1.82) is 0 Å². The van der Waals surface area contributed by atoms with E-state index in [4.69, 9.17) is 12.2 Å². The second-order valence-electron chi connectivity index (χ2n) is 5.28. The first-order valence-corrected chi connectivity index (χ1v) is 8.64. The van der Waals surface area contributed by atoms with Crippen molar-refractivity contribution in [1.82, 2.24) is 10.6 Å². The average Bonchev–Trinajstić information content (AvgIpc) is 3.14. The van der Waals surface area contributed by atoms with Gasteiger partial charge in [-0.1, -0.05) is 12.1 Å². The highest BCUT2D eigenvalue weighted by molar-refractivity contribution is 7.80. The van der Waals surface area contributed by atoms with E-state index in [1.807, 2.05) is 0 Å². The van der Waals surface area contributed by atoms with Crippen molar-refractivity contribution in [3.05, 3.63) is 63.4 Å². The molecule has 0 saturated heterocycles. The molecule has 1 aliphatic heterocycles. The largest absolute Gasteiger partial charge is 0.463 e. The van der Waals surface area contributed by atoms with Gasteiger partial charge in [0.2, 0.25) is 0 Å². The highest BCUT2D eigenvalue weighted by atomic mass is 32.1. The van der Waals surface area contributed by atoms with Gasteiger partial charge in [-0.05, 0) is 29.7 Å². The predicted octanol–water partition coefficient (Wildman–Crippen LogP) is 2.70. The van der Waals surface area contributed by atoms with Gasteiger partial charge in [0, 0.05) is 11.6 Å². The molecule has 2 aromatic rings. The molecule has 5 nitrogen and oxygen atoms in total. The number of carbonyl (C=O) groups excluding carboxylic acids is 2. The summed E-state index contributed by atoms with van der Waals surface area (Å²) in [7, 11) is 1.08. The summed E-state index contributed by atoms with van der Waals surface area (Å²) in [6, 6.07) is 5.38. The molecule has 9 heteroatoms. The molecule has 2 heterocycles. The fourth-order valence-electron chi connectivity index (χ4n) is 2.60. The van der Waals surface area contributed by atoms with Gasteiger partial charge >= 0.3 is 5.97 Å². The van der Waals surface area contributed by atoms with Gasteiger partial charge in [-0.2, -0.15) is 0 Å². The van der Waals surface area contributed by atoms with Crippen LogP contribution in [0.4, 0.5) is 8.78 Å². The Morgan fingerprint density at radius 3 is 2.65 bits per heavy atom. The van der Waals surface area contributed by atoms with E-state index in [0.29, 0.717) is 10.9 Å². The molecule has 0 bridgehead atoms. The Labute approximate surface area is 156 Å². The van der Waals surface area contributed by atoms with E-state index in [9.17, 15) is 18.4 Å². The third kappa shape index (κ3) is 3.35. The van der Waals surface area contributed by atoms with Crippen LogP contribution in [-0.2, 0) is 14.3 Å². The standard InChI is InChI=1S/C17H12F2N2O3S2/c1-24-16(23)15(22)12-13(9-5-4-8(18)7-10(9)19)20-17(25)21-14(12)11-3-2-6-26-11/h2-7,13H,1H3,(H2,20,21,25)/t13-/m1/s1. The first-order valence-electron chi connectivity index (χ1n) is 7.35. The lowest BCUT2D eigenvalue weighted by Gasteiger charge is -2.30. The van der Waals surface area contributed by atoms with Crippen molar-refractivity contribution in [3.63, 3.8) is 0 Å². The Hall–Kier alpha value is -2.65. The van der Waals surface area contributed by atoms with Crippen molar-refractivity contribution >= 4 is 46.1 Å². The number of ketones is 1. The molecule has 0 spiro atoms. The van der Waals surface area contributed by atoms with E-state index in [1.165, 1.54) is 17.4 Å². The fourth-order valence-corrected chi connectivity index (χ4v) is 3.56. The molecule has 0 saturated carbocycles. The predicted molar refractivity (Wildman–Crippen MR) is 96.2 cm³/mol. The average molecular weight is 394 g/mol. The molecule has 0 amide bonds. The van der Waals surface area contributed by atoms with Crippen LogP contribution in [0.15, 0.2) is 41.3 Å². The van der Waals surface area contributed by atoms with Crippen LogP contribution in [0, 0.1) is 11.6 Å². The van der Waals surface area contributed by atoms with E-state index in [2.05, 4.69) is 15.4 Å². The monoisotopic (exact) mass is 394 g/mol. The molecular weight excluding hydrogens is 382 g/mol. The van der Waals surface area contributed by atoms with Gasteiger partial charge in [0.1, 0.15) is 11.6 Å². The van der Waals surface area contributed by atoms with E-state index in [0.717, 1.165) is 13.2 Å². The van der Waals surface area contributed by atoms with Crippen LogP contribution >= 0.6 is 23.6 Å². The number of halogens is 2. The molecule has 0 unspecified atom stereocenters. The molecular formula is C17H12F2N2O3S2. The summed E-state index contributed by atoms with van der Waals surface area (Å²) in [5, 5.41) is 7.54. The van der Waals surface area contributed by atoms with Crippen LogP contribution in [0.2, 0.25) is 0 Å². The summed E-state index contributed by atoms with van der Waals surface area (Å²) < 4.78 is 32.2. The zero-order valence-corrected chi connectivity index (χ0v) is 15.0. The number of rotatable bonds is 4. The Bertz CT molecular complexity index is 926. The lowest BCUT2D eigenvalue weighted by atomic mass is 9.91. The van der Waals surface area contributed by atoms with Crippen LogP contribution in [-0.4, -0.2) is 24.0 Å². The number of thiocarbonyl (C=S) groups is 1. The molecule has 1 aromatic carbocycles. The summed E-state index contributed by atoms with van der Waals surface area (Å²) in [6.45, 7) is 0. The SMILES string of the molecule is COC(=O)C(=O)C1=C(c2cccs2)NC(=S)N[C@@H]1c1ccc(F)cc1F. The van der Waals surface area contributed by atoms with Crippen LogP contribution in [0.25, 0.3) is 5.70 Å². The van der Waals surface area contributed by atoms with Gasteiger partial charge in [0.25, 0.3) is 5.78 Å². The lowest BCUT2D eigenvalue weighted by molar-refractivity contribution is -0.150. The van der Waals surface area contributed by atoms with E-state index >= 15 is 0 Å². The Balaban J connectivity index is 2.23. The molecule has 26 heavy (non-hydrogen) atoms. The van der Waals surface area contributed by atoms with Gasteiger partial charge in [-0.15, -0.1) is 11.3 Å². The smallest absolute Gasteiger partial charge is 0.379 e. The molecule has 1 atom stereocenters. The number of nitrogens with one attached hydrogen (secondary N) is 2. The molecule has 1 aromatic heterocycles. The minimum Gasteiger partial charge on any atom is -0.463 e. The maximum atomic E-state index is 14.4. The number of esters is 1. The second kappa shape index (κ2) is 7.30. The van der Waals surface area contributed by atoms with Gasteiger partial charge in [0.05, 0.1) is 29.3 Å². The number of hydrogen-bond acceptors (Lipinski definition) is 5. The Kier molecular flexibility index (Phi) is 5.10. The van der Waals surface area contributed by atoms with E-state index in [-0.39, 0.29) is 21.9 Å². The third-order valence-electron chi connectivity index (χ3n) is 3.73. The molecule has 0 aliphatic carbocycles. The third-order valence-corrected chi connectivity index (χ3v) is 4.84. The minimum absolute atomic E-state index is 0.0171. The maximum Gasteiger partial charge on any atom is 0.379 e. The number of Topliss-reactive ketones (excluding diaryl/α,β-unsaturated/α-hetero) is 1. The van der Waals surface area contributed by atoms with Gasteiger partial charge in [0.15, 0.2) is 5.11 Å². The number of thiophene rings is 1. The summed E-state index contributed by atoms with van der Waals surface area (Å²) in [5.41, 5.74) is 0.211. The van der Waals surface area contributed by atoms with Crippen molar-refractivity contribution < 1.29 is 23.1 Å². The van der Waals surface area contributed by atoms with Crippen molar-refractivity contribution in [2.45, 2.75) is 6.04 Å². The fraction of sp³-hybridized carbons (Fsp3) is 0.118. The maximum absolute atomic E-state index is 14.4.